The molecule has 0 saturated carbocycles. The Bertz CT molecular complexity index is 874. The minimum Gasteiger partial charge on any atom is -0.370 e. The number of hydrogen-bond acceptors (Lipinski definition) is 6. The number of carbonyl (C=O) groups is 2. The second-order valence-electron chi connectivity index (χ2n) is 7.35. The first kappa shape index (κ1) is 19.8. The Balaban J connectivity index is 1.38. The summed E-state index contributed by atoms with van der Waals surface area (Å²) in [6.07, 6.45) is 3.36. The Morgan fingerprint density at radius 3 is 1.50 bits per heavy atom. The van der Waals surface area contributed by atoms with E-state index in [0.717, 1.165) is 50.9 Å². The lowest BCUT2D eigenvalue weighted by atomic mass is 10.1. The van der Waals surface area contributed by atoms with Crippen LogP contribution in [0.15, 0.2) is 84.5 Å². The molecule has 2 fully saturated rings. The maximum absolute atomic E-state index is 12.5. The average molecular weight is 402 g/mol. The van der Waals surface area contributed by atoms with Gasteiger partial charge in [0.05, 0.1) is 0 Å². The highest BCUT2D eigenvalue weighted by Gasteiger charge is 2.22. The van der Waals surface area contributed by atoms with Crippen LogP contribution in [0.4, 0.5) is 0 Å². The number of nitrogens with zero attached hydrogens (tertiary/aromatic N) is 2. The van der Waals surface area contributed by atoms with Crippen molar-refractivity contribution in [3.8, 4) is 0 Å². The first-order valence-corrected chi connectivity index (χ1v) is 10.3. The molecule has 2 aromatic carbocycles. The van der Waals surface area contributed by atoms with Gasteiger partial charge >= 0.3 is 0 Å². The van der Waals surface area contributed by atoms with Crippen LogP contribution in [0.3, 0.4) is 0 Å². The molecule has 2 aliphatic rings. The molecule has 0 unspecified atom stereocenters. The van der Waals surface area contributed by atoms with E-state index in [9.17, 15) is 9.59 Å². The van der Waals surface area contributed by atoms with Gasteiger partial charge in [-0.3, -0.25) is 9.59 Å². The van der Waals surface area contributed by atoms with Gasteiger partial charge in [0.15, 0.2) is 11.6 Å². The quantitative estimate of drug-likeness (QED) is 0.547. The van der Waals surface area contributed by atoms with Crippen LogP contribution >= 0.6 is 0 Å². The molecule has 2 N–H and O–H groups in total. The summed E-state index contributed by atoms with van der Waals surface area (Å²) in [7, 11) is 0. The molecule has 2 saturated heterocycles. The first-order chi connectivity index (χ1) is 14.7. The lowest BCUT2D eigenvalue weighted by molar-refractivity contribution is 0.103. The van der Waals surface area contributed by atoms with Crippen molar-refractivity contribution < 1.29 is 9.59 Å². The highest BCUT2D eigenvalue weighted by Crippen LogP contribution is 2.14. The summed E-state index contributed by atoms with van der Waals surface area (Å²) in [5, 5.41) is 6.62. The molecule has 0 bridgehead atoms. The fourth-order valence-corrected chi connectivity index (χ4v) is 3.71. The van der Waals surface area contributed by atoms with Gasteiger partial charge in [-0.1, -0.05) is 60.7 Å². The summed E-state index contributed by atoms with van der Waals surface area (Å²) in [5.74, 6) is 1.73. The third-order valence-electron chi connectivity index (χ3n) is 5.35. The molecule has 6 nitrogen and oxygen atoms in total. The zero-order valence-corrected chi connectivity index (χ0v) is 16.9. The van der Waals surface area contributed by atoms with Crippen molar-refractivity contribution in [3.63, 3.8) is 0 Å². The van der Waals surface area contributed by atoms with Crippen LogP contribution in [0.5, 0.6) is 0 Å². The van der Waals surface area contributed by atoms with E-state index in [4.69, 9.17) is 0 Å². The topological polar surface area (TPSA) is 64.7 Å². The van der Waals surface area contributed by atoms with E-state index >= 15 is 0 Å². The van der Waals surface area contributed by atoms with Gasteiger partial charge in [-0.2, -0.15) is 0 Å². The number of ketones is 2. The zero-order valence-electron chi connectivity index (χ0n) is 16.9. The summed E-state index contributed by atoms with van der Waals surface area (Å²) < 4.78 is 0. The Hall–Kier alpha value is -3.54. The number of nitrogens with one attached hydrogen (secondary N) is 2. The SMILES string of the molecule is O=C(/C=C1/NCCN1CCN1CCN/C1=C\C(=O)c1ccccc1)c1ccccc1. The van der Waals surface area contributed by atoms with Gasteiger partial charge in [0, 0.05) is 62.5 Å². The molecule has 6 heteroatoms. The molecule has 0 atom stereocenters. The van der Waals surface area contributed by atoms with E-state index in [1.54, 1.807) is 12.2 Å². The molecular weight excluding hydrogens is 376 g/mol. The second-order valence-corrected chi connectivity index (χ2v) is 7.35. The van der Waals surface area contributed by atoms with E-state index in [-0.39, 0.29) is 11.6 Å². The van der Waals surface area contributed by atoms with Gasteiger partial charge in [-0.05, 0) is 0 Å². The number of carbonyl (C=O) groups excluding carboxylic acids is 2. The largest absolute Gasteiger partial charge is 0.370 e. The van der Waals surface area contributed by atoms with Crippen LogP contribution in [0, 0.1) is 0 Å². The van der Waals surface area contributed by atoms with Crippen LogP contribution in [0.2, 0.25) is 0 Å². The number of hydrogen-bond donors (Lipinski definition) is 2. The monoisotopic (exact) mass is 402 g/mol. The molecule has 2 aromatic rings. The van der Waals surface area contributed by atoms with Gasteiger partial charge in [-0.25, -0.2) is 0 Å². The summed E-state index contributed by atoms with van der Waals surface area (Å²) in [4.78, 5) is 29.4. The summed E-state index contributed by atoms with van der Waals surface area (Å²) in [5.41, 5.74) is 1.37. The van der Waals surface area contributed by atoms with Gasteiger partial charge in [0.2, 0.25) is 0 Å². The van der Waals surface area contributed by atoms with Crippen molar-refractivity contribution in [2.75, 3.05) is 39.3 Å². The average Bonchev–Trinajstić information content (AvgIpc) is 3.42. The molecule has 0 spiro atoms. The standard InChI is InChI=1S/C24H26N4O2/c29-21(19-7-3-1-4-8-19)17-23-25-11-13-27(23)15-16-28-14-12-26-24(28)18-22(30)20-9-5-2-6-10-20/h1-10,17-18,25-26H,11-16H2/b23-17-,24-18+. The number of rotatable bonds is 7. The van der Waals surface area contributed by atoms with Crippen molar-refractivity contribution in [2.45, 2.75) is 0 Å². The third kappa shape index (κ3) is 4.71. The molecule has 0 aliphatic carbocycles. The summed E-state index contributed by atoms with van der Waals surface area (Å²) in [6, 6.07) is 18.6. The van der Waals surface area contributed by atoms with Gasteiger partial charge in [-0.15, -0.1) is 0 Å². The van der Waals surface area contributed by atoms with Crippen molar-refractivity contribution in [2.24, 2.45) is 0 Å². The summed E-state index contributed by atoms with van der Waals surface area (Å²) >= 11 is 0. The molecule has 30 heavy (non-hydrogen) atoms. The Morgan fingerprint density at radius 2 is 1.10 bits per heavy atom. The van der Waals surface area contributed by atoms with Crippen LogP contribution < -0.4 is 10.6 Å². The van der Waals surface area contributed by atoms with Crippen LogP contribution in [-0.2, 0) is 0 Å². The van der Waals surface area contributed by atoms with Crippen LogP contribution in [-0.4, -0.2) is 60.6 Å². The molecular formula is C24H26N4O2. The van der Waals surface area contributed by atoms with E-state index in [1.165, 1.54) is 0 Å². The maximum atomic E-state index is 12.5. The highest BCUT2D eigenvalue weighted by molar-refractivity contribution is 6.05. The maximum Gasteiger partial charge on any atom is 0.189 e. The first-order valence-electron chi connectivity index (χ1n) is 10.3. The van der Waals surface area contributed by atoms with Gasteiger partial charge in [0.1, 0.15) is 11.6 Å². The normalized spacial score (nSPS) is 18.5. The molecule has 4 rings (SSSR count). The van der Waals surface area contributed by atoms with Crippen molar-refractivity contribution in [1.29, 1.82) is 0 Å². The van der Waals surface area contributed by atoms with Gasteiger partial charge in [0.25, 0.3) is 0 Å². The molecule has 0 amide bonds. The zero-order chi connectivity index (χ0) is 20.8. The number of benzene rings is 2. The predicted octanol–water partition coefficient (Wildman–Crippen LogP) is 2.25. The highest BCUT2D eigenvalue weighted by atomic mass is 16.1. The Labute approximate surface area is 176 Å². The molecule has 0 aromatic heterocycles. The van der Waals surface area contributed by atoms with Gasteiger partial charge < -0.3 is 20.4 Å². The van der Waals surface area contributed by atoms with E-state index in [0.29, 0.717) is 11.1 Å². The van der Waals surface area contributed by atoms with Crippen LogP contribution in [0.1, 0.15) is 20.7 Å². The predicted molar refractivity (Wildman–Crippen MR) is 117 cm³/mol. The minimum absolute atomic E-state index is 0.00174. The second kappa shape index (κ2) is 9.31. The van der Waals surface area contributed by atoms with Crippen molar-refractivity contribution >= 4 is 11.6 Å². The molecule has 0 radical (unpaired) electrons. The summed E-state index contributed by atoms with van der Waals surface area (Å²) in [6.45, 7) is 4.91. The van der Waals surface area contributed by atoms with E-state index in [2.05, 4.69) is 20.4 Å². The smallest absolute Gasteiger partial charge is 0.189 e. The Morgan fingerprint density at radius 1 is 0.700 bits per heavy atom. The van der Waals surface area contributed by atoms with Crippen molar-refractivity contribution in [3.05, 3.63) is 95.6 Å². The minimum atomic E-state index is 0.00174. The number of allylic oxidation sites excluding steroid dienone is 2. The molecule has 2 aliphatic heterocycles. The Kier molecular flexibility index (Phi) is 6.13. The van der Waals surface area contributed by atoms with Crippen molar-refractivity contribution in [1.82, 2.24) is 20.4 Å². The fraction of sp³-hybridized carbons (Fsp3) is 0.250. The fourth-order valence-electron chi connectivity index (χ4n) is 3.71. The molecule has 2 heterocycles. The van der Waals surface area contributed by atoms with E-state index < -0.39 is 0 Å². The lowest BCUT2D eigenvalue weighted by Gasteiger charge is -2.24. The lowest BCUT2D eigenvalue weighted by Crippen LogP contribution is -2.32. The third-order valence-corrected chi connectivity index (χ3v) is 5.35. The van der Waals surface area contributed by atoms with Crippen LogP contribution in [0.25, 0.3) is 0 Å². The van der Waals surface area contributed by atoms with E-state index in [1.807, 2.05) is 60.7 Å². The molecule has 154 valence electrons.